The van der Waals surface area contributed by atoms with Crippen LogP contribution in [0, 0.1) is 0 Å². The largest absolute Gasteiger partial charge is 0.394 e. The molecule has 0 aliphatic heterocycles. The highest BCUT2D eigenvalue weighted by molar-refractivity contribution is 6.35. The number of halogens is 1. The van der Waals surface area contributed by atoms with E-state index in [1.54, 1.807) is 26.0 Å². The summed E-state index contributed by atoms with van der Waals surface area (Å²) < 4.78 is 0. The van der Waals surface area contributed by atoms with Gasteiger partial charge in [0.15, 0.2) is 0 Å². The Labute approximate surface area is 110 Å². The third kappa shape index (κ3) is 2.49. The Kier molecular flexibility index (Phi) is 3.32. The predicted octanol–water partition coefficient (Wildman–Crippen LogP) is 2.32. The Morgan fingerprint density at radius 1 is 1.50 bits per heavy atom. The van der Waals surface area contributed by atoms with Crippen LogP contribution < -0.4 is 5.32 Å². The van der Waals surface area contributed by atoms with Gasteiger partial charge < -0.3 is 15.4 Å². The number of H-pyrrole nitrogens is 1. The number of para-hydroxylation sites is 1. The number of fused-ring (bicyclic) bond motifs is 1. The van der Waals surface area contributed by atoms with E-state index in [-0.39, 0.29) is 12.5 Å². The molecule has 1 aromatic carbocycles. The molecule has 0 atom stereocenters. The van der Waals surface area contributed by atoms with Crippen molar-refractivity contribution in [3.8, 4) is 0 Å². The van der Waals surface area contributed by atoms with Gasteiger partial charge in [-0.05, 0) is 26.0 Å². The molecule has 2 rings (SSSR count). The van der Waals surface area contributed by atoms with Crippen LogP contribution in [-0.2, 0) is 0 Å². The molecule has 0 radical (unpaired) electrons. The molecule has 2 aromatic rings. The smallest absolute Gasteiger partial charge is 0.268 e. The number of aromatic nitrogens is 1. The van der Waals surface area contributed by atoms with Crippen LogP contribution in [0.1, 0.15) is 24.3 Å². The lowest BCUT2D eigenvalue weighted by Crippen LogP contribution is -2.46. The van der Waals surface area contributed by atoms with Gasteiger partial charge in [-0.25, -0.2) is 0 Å². The van der Waals surface area contributed by atoms with Crippen molar-refractivity contribution < 1.29 is 9.90 Å². The molecule has 0 fully saturated rings. The second-order valence-corrected chi connectivity index (χ2v) is 5.29. The van der Waals surface area contributed by atoms with Crippen molar-refractivity contribution in [2.24, 2.45) is 0 Å². The van der Waals surface area contributed by atoms with Crippen LogP contribution in [0.2, 0.25) is 5.02 Å². The van der Waals surface area contributed by atoms with Crippen LogP contribution in [0.5, 0.6) is 0 Å². The third-order valence-electron chi connectivity index (χ3n) is 2.70. The lowest BCUT2D eigenvalue weighted by molar-refractivity contribution is 0.0865. The molecule has 0 spiro atoms. The van der Waals surface area contributed by atoms with Crippen molar-refractivity contribution in [1.29, 1.82) is 0 Å². The van der Waals surface area contributed by atoms with Crippen LogP contribution in [0.3, 0.4) is 0 Å². The quantitative estimate of drug-likeness (QED) is 0.798. The molecule has 1 aromatic heterocycles. The maximum atomic E-state index is 12.0. The van der Waals surface area contributed by atoms with Gasteiger partial charge >= 0.3 is 0 Å². The zero-order valence-corrected chi connectivity index (χ0v) is 11.0. The van der Waals surface area contributed by atoms with E-state index in [1.807, 2.05) is 12.1 Å². The van der Waals surface area contributed by atoms with Crippen LogP contribution in [0.25, 0.3) is 10.9 Å². The number of aliphatic hydroxyl groups excluding tert-OH is 1. The first-order chi connectivity index (χ1) is 8.43. The number of carbonyl (C=O) groups is 1. The van der Waals surface area contributed by atoms with E-state index in [9.17, 15) is 4.79 Å². The highest BCUT2D eigenvalue weighted by atomic mass is 35.5. The fourth-order valence-corrected chi connectivity index (χ4v) is 1.88. The third-order valence-corrected chi connectivity index (χ3v) is 3.01. The topological polar surface area (TPSA) is 65.1 Å². The van der Waals surface area contributed by atoms with E-state index in [0.717, 1.165) is 10.9 Å². The SMILES string of the molecule is CC(C)(CO)NC(=O)c1cc2cccc(Cl)c2[nH]1. The van der Waals surface area contributed by atoms with Crippen molar-refractivity contribution in [1.82, 2.24) is 10.3 Å². The maximum absolute atomic E-state index is 12.0. The Balaban J connectivity index is 2.32. The number of rotatable bonds is 3. The maximum Gasteiger partial charge on any atom is 0.268 e. The lowest BCUT2D eigenvalue weighted by atomic mass is 10.1. The molecule has 0 saturated carbocycles. The minimum absolute atomic E-state index is 0.125. The number of hydrogen-bond donors (Lipinski definition) is 3. The molecule has 0 unspecified atom stereocenters. The standard InChI is InChI=1S/C13H15ClN2O2/c1-13(2,7-17)16-12(18)10-6-8-4-3-5-9(14)11(8)15-10/h3-6,15,17H,7H2,1-2H3,(H,16,18). The van der Waals surface area contributed by atoms with E-state index in [1.165, 1.54) is 0 Å². The second kappa shape index (κ2) is 4.63. The number of aliphatic hydroxyl groups is 1. The number of benzene rings is 1. The normalized spacial score (nSPS) is 11.8. The van der Waals surface area contributed by atoms with E-state index in [2.05, 4.69) is 10.3 Å². The molecule has 18 heavy (non-hydrogen) atoms. The number of nitrogens with one attached hydrogen (secondary N) is 2. The van der Waals surface area contributed by atoms with Crippen LogP contribution >= 0.6 is 11.6 Å². The van der Waals surface area contributed by atoms with Gasteiger partial charge in [0.25, 0.3) is 5.91 Å². The second-order valence-electron chi connectivity index (χ2n) is 4.88. The number of carbonyl (C=O) groups excluding carboxylic acids is 1. The Hall–Kier alpha value is -1.52. The fraction of sp³-hybridized carbons (Fsp3) is 0.308. The molecule has 3 N–H and O–H groups in total. The van der Waals surface area contributed by atoms with Crippen LogP contribution in [0.4, 0.5) is 0 Å². The molecule has 0 saturated heterocycles. The molecule has 1 heterocycles. The highest BCUT2D eigenvalue weighted by Crippen LogP contribution is 2.23. The summed E-state index contributed by atoms with van der Waals surface area (Å²) in [5.74, 6) is -0.263. The van der Waals surface area contributed by atoms with Gasteiger partial charge in [0.2, 0.25) is 0 Å². The van der Waals surface area contributed by atoms with Crippen LogP contribution in [0.15, 0.2) is 24.3 Å². The molecular formula is C13H15ClN2O2. The number of hydrogen-bond acceptors (Lipinski definition) is 2. The molecule has 5 heteroatoms. The first-order valence-electron chi connectivity index (χ1n) is 5.63. The summed E-state index contributed by atoms with van der Waals surface area (Å²) in [6.45, 7) is 3.38. The van der Waals surface area contributed by atoms with Crippen molar-refractivity contribution in [3.05, 3.63) is 35.0 Å². The van der Waals surface area contributed by atoms with Gasteiger partial charge in [0.1, 0.15) is 5.69 Å². The Morgan fingerprint density at radius 2 is 2.22 bits per heavy atom. The summed E-state index contributed by atoms with van der Waals surface area (Å²) in [5, 5.41) is 13.3. The minimum atomic E-state index is -0.655. The first kappa shape index (κ1) is 12.9. The zero-order valence-electron chi connectivity index (χ0n) is 10.2. The Morgan fingerprint density at radius 3 is 2.83 bits per heavy atom. The number of aromatic amines is 1. The molecular weight excluding hydrogens is 252 g/mol. The molecule has 96 valence electrons. The average Bonchev–Trinajstić information content (AvgIpc) is 2.74. The molecule has 0 aliphatic rings. The van der Waals surface area contributed by atoms with Crippen molar-refractivity contribution in [2.45, 2.75) is 19.4 Å². The average molecular weight is 267 g/mol. The van der Waals surface area contributed by atoms with Crippen LogP contribution in [-0.4, -0.2) is 28.1 Å². The number of amides is 1. The van der Waals surface area contributed by atoms with Gasteiger partial charge in [0.05, 0.1) is 22.7 Å². The first-order valence-corrected chi connectivity index (χ1v) is 6.01. The minimum Gasteiger partial charge on any atom is -0.394 e. The molecule has 1 amide bonds. The summed E-state index contributed by atoms with van der Waals surface area (Å²) in [5.41, 5.74) is 0.517. The summed E-state index contributed by atoms with van der Waals surface area (Å²) in [6, 6.07) is 7.22. The van der Waals surface area contributed by atoms with E-state index in [0.29, 0.717) is 10.7 Å². The Bertz CT molecular complexity index is 590. The van der Waals surface area contributed by atoms with E-state index in [4.69, 9.17) is 16.7 Å². The van der Waals surface area contributed by atoms with Gasteiger partial charge in [-0.1, -0.05) is 23.7 Å². The van der Waals surface area contributed by atoms with Gasteiger partial charge in [-0.2, -0.15) is 0 Å². The van der Waals surface area contributed by atoms with E-state index < -0.39 is 5.54 Å². The summed E-state index contributed by atoms with van der Waals surface area (Å²) in [4.78, 5) is 15.0. The molecule has 0 aliphatic carbocycles. The summed E-state index contributed by atoms with van der Waals surface area (Å²) >= 11 is 6.03. The highest BCUT2D eigenvalue weighted by Gasteiger charge is 2.21. The predicted molar refractivity (Wildman–Crippen MR) is 71.9 cm³/mol. The summed E-state index contributed by atoms with van der Waals surface area (Å²) in [7, 11) is 0. The van der Waals surface area contributed by atoms with Crippen molar-refractivity contribution >= 4 is 28.4 Å². The van der Waals surface area contributed by atoms with Crippen molar-refractivity contribution in [3.63, 3.8) is 0 Å². The zero-order chi connectivity index (χ0) is 13.3. The molecule has 0 bridgehead atoms. The lowest BCUT2D eigenvalue weighted by Gasteiger charge is -2.22. The summed E-state index contributed by atoms with van der Waals surface area (Å²) in [6.07, 6.45) is 0. The fourth-order valence-electron chi connectivity index (χ4n) is 1.66. The molecule has 4 nitrogen and oxygen atoms in total. The van der Waals surface area contributed by atoms with Gasteiger partial charge in [0, 0.05) is 5.39 Å². The van der Waals surface area contributed by atoms with Crippen molar-refractivity contribution in [2.75, 3.05) is 6.61 Å². The van der Waals surface area contributed by atoms with E-state index >= 15 is 0 Å². The monoisotopic (exact) mass is 266 g/mol. The van der Waals surface area contributed by atoms with Gasteiger partial charge in [-0.3, -0.25) is 4.79 Å². The van der Waals surface area contributed by atoms with Gasteiger partial charge in [-0.15, -0.1) is 0 Å².